The second-order valence-electron chi connectivity index (χ2n) is 5.23. The van der Waals surface area contributed by atoms with Gasteiger partial charge in [0.15, 0.2) is 5.82 Å². The molecule has 0 aliphatic heterocycles. The molecule has 3 rings (SSSR count). The van der Waals surface area contributed by atoms with Gasteiger partial charge < -0.3 is 10.4 Å². The fourth-order valence-corrected chi connectivity index (χ4v) is 2.32. The maximum absolute atomic E-state index is 11.9. The molecule has 1 aromatic carbocycles. The molecule has 0 radical (unpaired) electrons. The Hall–Kier alpha value is -2.30. The van der Waals surface area contributed by atoms with Crippen LogP contribution in [0.5, 0.6) is 5.75 Å². The molecule has 1 aromatic heterocycles. The standard InChI is InChI=1S/C15H17N3O2/c19-12-6-4-10(5-7-12)8-15(20)16-14-9-13(17-18-14)11-2-1-3-11/h4-7,9,11,19H,1-3,8H2,(H2,16,17,18,20). The van der Waals surface area contributed by atoms with Crippen LogP contribution in [-0.2, 0) is 11.2 Å². The van der Waals surface area contributed by atoms with Crippen LogP contribution >= 0.6 is 0 Å². The number of carbonyl (C=O) groups is 1. The van der Waals surface area contributed by atoms with Crippen molar-refractivity contribution in [1.82, 2.24) is 10.2 Å². The van der Waals surface area contributed by atoms with E-state index in [0.717, 1.165) is 11.3 Å². The Kier molecular flexibility index (Phi) is 3.41. The Bertz CT molecular complexity index is 600. The van der Waals surface area contributed by atoms with Crippen molar-refractivity contribution in [1.29, 1.82) is 0 Å². The van der Waals surface area contributed by atoms with E-state index in [4.69, 9.17) is 0 Å². The molecule has 0 bridgehead atoms. The van der Waals surface area contributed by atoms with Crippen molar-refractivity contribution < 1.29 is 9.90 Å². The lowest BCUT2D eigenvalue weighted by Crippen LogP contribution is -2.14. The van der Waals surface area contributed by atoms with Crippen LogP contribution in [0.25, 0.3) is 0 Å². The number of hydrogen-bond acceptors (Lipinski definition) is 3. The third-order valence-corrected chi connectivity index (χ3v) is 3.71. The van der Waals surface area contributed by atoms with Gasteiger partial charge >= 0.3 is 0 Å². The van der Waals surface area contributed by atoms with E-state index < -0.39 is 0 Å². The van der Waals surface area contributed by atoms with E-state index in [0.29, 0.717) is 11.7 Å². The number of aromatic nitrogens is 2. The number of anilines is 1. The monoisotopic (exact) mass is 271 g/mol. The summed E-state index contributed by atoms with van der Waals surface area (Å²) in [5.74, 6) is 1.25. The molecule has 0 unspecified atom stereocenters. The first kappa shape index (κ1) is 12.7. The number of carbonyl (C=O) groups excluding carboxylic acids is 1. The van der Waals surface area contributed by atoms with Crippen molar-refractivity contribution in [3.8, 4) is 5.75 Å². The first-order chi connectivity index (χ1) is 9.70. The van der Waals surface area contributed by atoms with Crippen molar-refractivity contribution >= 4 is 11.7 Å². The predicted molar refractivity (Wildman–Crippen MR) is 75.6 cm³/mol. The molecule has 0 spiro atoms. The van der Waals surface area contributed by atoms with Gasteiger partial charge in [0.1, 0.15) is 5.75 Å². The minimum absolute atomic E-state index is 0.109. The van der Waals surface area contributed by atoms with Crippen LogP contribution in [0, 0.1) is 0 Å². The zero-order valence-corrected chi connectivity index (χ0v) is 11.1. The lowest BCUT2D eigenvalue weighted by Gasteiger charge is -2.23. The normalized spacial score (nSPS) is 14.8. The summed E-state index contributed by atoms with van der Waals surface area (Å²) in [6, 6.07) is 8.54. The van der Waals surface area contributed by atoms with Crippen molar-refractivity contribution in [3.63, 3.8) is 0 Å². The van der Waals surface area contributed by atoms with Crippen molar-refractivity contribution in [2.45, 2.75) is 31.6 Å². The number of phenols is 1. The highest BCUT2D eigenvalue weighted by atomic mass is 16.3. The molecular formula is C15H17N3O2. The van der Waals surface area contributed by atoms with E-state index in [2.05, 4.69) is 15.5 Å². The van der Waals surface area contributed by atoms with E-state index in [-0.39, 0.29) is 18.1 Å². The van der Waals surface area contributed by atoms with E-state index in [1.807, 2.05) is 6.07 Å². The molecule has 3 N–H and O–H groups in total. The average Bonchev–Trinajstić information content (AvgIpc) is 2.78. The number of phenolic OH excluding ortho intramolecular Hbond substituents is 1. The van der Waals surface area contributed by atoms with E-state index in [1.165, 1.54) is 19.3 Å². The van der Waals surface area contributed by atoms with Gasteiger partial charge in [-0.2, -0.15) is 5.10 Å². The summed E-state index contributed by atoms with van der Waals surface area (Å²) in [7, 11) is 0. The third kappa shape index (κ3) is 2.82. The second-order valence-corrected chi connectivity index (χ2v) is 5.23. The smallest absolute Gasteiger partial charge is 0.229 e. The SMILES string of the molecule is O=C(Cc1ccc(O)cc1)Nc1cc(C2CCC2)[nH]n1. The molecule has 5 nitrogen and oxygen atoms in total. The molecule has 20 heavy (non-hydrogen) atoms. The summed E-state index contributed by atoms with van der Waals surface area (Å²) in [4.78, 5) is 11.9. The van der Waals surface area contributed by atoms with Gasteiger partial charge in [-0.1, -0.05) is 18.6 Å². The molecular weight excluding hydrogens is 254 g/mol. The molecule has 1 saturated carbocycles. The first-order valence-corrected chi connectivity index (χ1v) is 6.84. The summed E-state index contributed by atoms with van der Waals surface area (Å²) in [5, 5.41) is 19.1. The predicted octanol–water partition coefficient (Wildman–Crippen LogP) is 2.56. The maximum atomic E-state index is 11.9. The highest BCUT2D eigenvalue weighted by Gasteiger charge is 2.21. The Morgan fingerprint density at radius 3 is 2.75 bits per heavy atom. The molecule has 5 heteroatoms. The topological polar surface area (TPSA) is 78.0 Å². The molecule has 104 valence electrons. The maximum Gasteiger partial charge on any atom is 0.229 e. The molecule has 1 aliphatic rings. The van der Waals surface area contributed by atoms with Crippen LogP contribution in [0.3, 0.4) is 0 Å². The molecule has 1 amide bonds. The number of nitrogens with one attached hydrogen (secondary N) is 2. The average molecular weight is 271 g/mol. The number of aromatic amines is 1. The van der Waals surface area contributed by atoms with Gasteiger partial charge in [0.2, 0.25) is 5.91 Å². The van der Waals surface area contributed by atoms with Crippen molar-refractivity contribution in [3.05, 3.63) is 41.6 Å². The number of nitrogens with zero attached hydrogens (tertiary/aromatic N) is 1. The van der Waals surface area contributed by atoms with E-state index >= 15 is 0 Å². The summed E-state index contributed by atoms with van der Waals surface area (Å²) in [6.45, 7) is 0. The van der Waals surface area contributed by atoms with Gasteiger partial charge in [-0.3, -0.25) is 9.89 Å². The quantitative estimate of drug-likeness (QED) is 0.799. The second kappa shape index (κ2) is 5.36. The van der Waals surface area contributed by atoms with Crippen LogP contribution in [0.4, 0.5) is 5.82 Å². The van der Waals surface area contributed by atoms with Gasteiger partial charge in [0.05, 0.1) is 6.42 Å². The third-order valence-electron chi connectivity index (χ3n) is 3.71. The highest BCUT2D eigenvalue weighted by molar-refractivity contribution is 5.91. The van der Waals surface area contributed by atoms with Crippen molar-refractivity contribution in [2.24, 2.45) is 0 Å². The number of benzene rings is 1. The Labute approximate surface area is 117 Å². The lowest BCUT2D eigenvalue weighted by molar-refractivity contribution is -0.115. The first-order valence-electron chi connectivity index (χ1n) is 6.84. The highest BCUT2D eigenvalue weighted by Crippen LogP contribution is 2.35. The molecule has 1 aliphatic carbocycles. The van der Waals surface area contributed by atoms with Crippen LogP contribution in [0.2, 0.25) is 0 Å². The molecule has 1 heterocycles. The largest absolute Gasteiger partial charge is 0.508 e. The van der Waals surface area contributed by atoms with Gasteiger partial charge in [-0.05, 0) is 30.5 Å². The minimum Gasteiger partial charge on any atom is -0.508 e. The summed E-state index contributed by atoms with van der Waals surface area (Å²) in [5.41, 5.74) is 1.96. The van der Waals surface area contributed by atoms with Crippen molar-refractivity contribution in [2.75, 3.05) is 5.32 Å². The van der Waals surface area contributed by atoms with Gasteiger partial charge in [0, 0.05) is 17.7 Å². The summed E-state index contributed by atoms with van der Waals surface area (Å²) >= 11 is 0. The fraction of sp³-hybridized carbons (Fsp3) is 0.333. The zero-order chi connectivity index (χ0) is 13.9. The number of hydrogen-bond donors (Lipinski definition) is 3. The molecule has 0 atom stereocenters. The molecule has 0 saturated heterocycles. The van der Waals surface area contributed by atoms with Crippen LogP contribution in [-0.4, -0.2) is 21.2 Å². The van der Waals surface area contributed by atoms with Gasteiger partial charge in [0.25, 0.3) is 0 Å². The Balaban J connectivity index is 1.58. The van der Waals surface area contributed by atoms with Crippen LogP contribution in [0.15, 0.2) is 30.3 Å². The Morgan fingerprint density at radius 2 is 2.10 bits per heavy atom. The Morgan fingerprint density at radius 1 is 1.35 bits per heavy atom. The number of aromatic hydroxyl groups is 1. The number of amides is 1. The number of H-pyrrole nitrogens is 1. The van der Waals surface area contributed by atoms with Gasteiger partial charge in [-0.25, -0.2) is 0 Å². The van der Waals surface area contributed by atoms with Crippen LogP contribution < -0.4 is 5.32 Å². The van der Waals surface area contributed by atoms with Gasteiger partial charge in [-0.15, -0.1) is 0 Å². The van der Waals surface area contributed by atoms with Crippen LogP contribution in [0.1, 0.15) is 36.4 Å². The van der Waals surface area contributed by atoms with E-state index in [9.17, 15) is 9.90 Å². The fourth-order valence-electron chi connectivity index (χ4n) is 2.32. The summed E-state index contributed by atoms with van der Waals surface area (Å²) in [6.07, 6.45) is 3.93. The molecule has 1 fully saturated rings. The summed E-state index contributed by atoms with van der Waals surface area (Å²) < 4.78 is 0. The number of rotatable bonds is 4. The minimum atomic E-state index is -0.109. The zero-order valence-electron chi connectivity index (χ0n) is 11.1. The lowest BCUT2D eigenvalue weighted by atomic mass is 9.83. The van der Waals surface area contributed by atoms with E-state index in [1.54, 1.807) is 24.3 Å². The molecule has 2 aromatic rings.